The molecule has 7 nitrogen and oxygen atoms in total. The first-order valence-electron chi connectivity index (χ1n) is 11.0. The smallest absolute Gasteiger partial charge is 0.279 e. The number of piperazine rings is 1. The van der Waals surface area contributed by atoms with Crippen molar-refractivity contribution in [1.29, 1.82) is 0 Å². The third-order valence-electron chi connectivity index (χ3n) is 6.05. The number of rotatable bonds is 6. The van der Waals surface area contributed by atoms with E-state index in [1.54, 1.807) is 6.92 Å². The molecule has 31 heavy (non-hydrogen) atoms. The Morgan fingerprint density at radius 2 is 1.42 bits per heavy atom. The molecule has 0 aromatic heterocycles. The molecule has 2 N–H and O–H groups in total. The van der Waals surface area contributed by atoms with E-state index in [1.807, 2.05) is 36.4 Å². The highest BCUT2D eigenvalue weighted by atomic mass is 16.5. The quantitative estimate of drug-likeness (QED) is 0.681. The summed E-state index contributed by atoms with van der Waals surface area (Å²) in [6.07, 6.45) is 0. The van der Waals surface area contributed by atoms with Crippen molar-refractivity contribution >= 4 is 28.8 Å². The minimum absolute atomic E-state index is 0.0494. The lowest BCUT2D eigenvalue weighted by atomic mass is 10.1. The number of benzene rings is 2. The predicted molar refractivity (Wildman–Crippen MR) is 122 cm³/mol. The summed E-state index contributed by atoms with van der Waals surface area (Å²) in [6.45, 7) is 9.02. The van der Waals surface area contributed by atoms with E-state index in [4.69, 9.17) is 4.74 Å². The van der Waals surface area contributed by atoms with Gasteiger partial charge in [-0.1, -0.05) is 0 Å². The molecule has 7 heteroatoms. The summed E-state index contributed by atoms with van der Waals surface area (Å²) in [5, 5.41) is 3.03. The summed E-state index contributed by atoms with van der Waals surface area (Å²) in [6, 6.07) is 15.8. The number of quaternary nitrogens is 1. The highest BCUT2D eigenvalue weighted by Crippen LogP contribution is 2.19. The second-order valence-electron chi connectivity index (χ2n) is 8.21. The van der Waals surface area contributed by atoms with Crippen molar-refractivity contribution in [3.63, 3.8) is 0 Å². The van der Waals surface area contributed by atoms with Crippen molar-refractivity contribution in [2.75, 3.05) is 74.1 Å². The highest BCUT2D eigenvalue weighted by Gasteiger charge is 2.22. The minimum atomic E-state index is 0.0494. The van der Waals surface area contributed by atoms with Crippen LogP contribution in [0.4, 0.5) is 17.1 Å². The van der Waals surface area contributed by atoms with E-state index in [-0.39, 0.29) is 11.7 Å². The van der Waals surface area contributed by atoms with Gasteiger partial charge in [0.1, 0.15) is 0 Å². The van der Waals surface area contributed by atoms with E-state index in [2.05, 4.69) is 27.2 Å². The van der Waals surface area contributed by atoms with Gasteiger partial charge in [0.15, 0.2) is 12.3 Å². The molecular formula is C24H31N4O3+. The number of nitrogens with one attached hydrogen (secondary N) is 2. The van der Waals surface area contributed by atoms with Crippen molar-refractivity contribution in [1.82, 2.24) is 0 Å². The summed E-state index contributed by atoms with van der Waals surface area (Å²) in [5.74, 6) is 0.135. The topological polar surface area (TPSA) is 66.3 Å². The van der Waals surface area contributed by atoms with Gasteiger partial charge in [-0.05, 0) is 55.5 Å². The summed E-state index contributed by atoms with van der Waals surface area (Å²) in [5.41, 5.74) is 3.88. The molecule has 2 heterocycles. The lowest BCUT2D eigenvalue weighted by Gasteiger charge is -2.33. The SMILES string of the molecule is CC(=O)c1ccc(N2CC[NH+](CC(=O)Nc3ccc(N4CCOCC4)cc3)CC2)cc1. The van der Waals surface area contributed by atoms with Gasteiger partial charge in [0, 0.05) is 35.7 Å². The normalized spacial score (nSPS) is 17.5. The van der Waals surface area contributed by atoms with Crippen LogP contribution in [-0.2, 0) is 9.53 Å². The monoisotopic (exact) mass is 423 g/mol. The highest BCUT2D eigenvalue weighted by molar-refractivity contribution is 5.94. The average Bonchev–Trinajstić information content (AvgIpc) is 2.81. The Morgan fingerprint density at radius 1 is 0.871 bits per heavy atom. The van der Waals surface area contributed by atoms with Crippen LogP contribution in [0, 0.1) is 0 Å². The molecule has 0 saturated carbocycles. The molecule has 0 unspecified atom stereocenters. The van der Waals surface area contributed by atoms with Gasteiger partial charge in [0.05, 0.1) is 39.4 Å². The first kappa shape index (κ1) is 21.3. The van der Waals surface area contributed by atoms with Gasteiger partial charge in [0.25, 0.3) is 5.91 Å². The zero-order valence-corrected chi connectivity index (χ0v) is 18.1. The molecule has 164 valence electrons. The fourth-order valence-electron chi connectivity index (χ4n) is 4.17. The van der Waals surface area contributed by atoms with Crippen LogP contribution in [0.3, 0.4) is 0 Å². The van der Waals surface area contributed by atoms with Crippen LogP contribution in [0.1, 0.15) is 17.3 Å². The number of nitrogens with zero attached hydrogens (tertiary/aromatic N) is 2. The fourth-order valence-corrected chi connectivity index (χ4v) is 4.17. The van der Waals surface area contributed by atoms with E-state index in [9.17, 15) is 9.59 Å². The van der Waals surface area contributed by atoms with E-state index < -0.39 is 0 Å². The van der Waals surface area contributed by atoms with Gasteiger partial charge in [-0.15, -0.1) is 0 Å². The van der Waals surface area contributed by atoms with Gasteiger partial charge in [-0.2, -0.15) is 0 Å². The Bertz CT molecular complexity index is 884. The van der Waals surface area contributed by atoms with Crippen LogP contribution < -0.4 is 20.0 Å². The van der Waals surface area contributed by atoms with Gasteiger partial charge in [-0.3, -0.25) is 9.59 Å². The lowest BCUT2D eigenvalue weighted by molar-refractivity contribution is -0.892. The maximum Gasteiger partial charge on any atom is 0.279 e. The van der Waals surface area contributed by atoms with Gasteiger partial charge < -0.3 is 24.8 Å². The van der Waals surface area contributed by atoms with Crippen LogP contribution >= 0.6 is 0 Å². The number of anilines is 3. The second kappa shape index (κ2) is 9.94. The summed E-state index contributed by atoms with van der Waals surface area (Å²) in [4.78, 5) is 29.9. The van der Waals surface area contributed by atoms with E-state index in [1.165, 1.54) is 10.6 Å². The van der Waals surface area contributed by atoms with Gasteiger partial charge >= 0.3 is 0 Å². The van der Waals surface area contributed by atoms with E-state index >= 15 is 0 Å². The molecule has 2 aromatic rings. The van der Waals surface area contributed by atoms with Crippen molar-refractivity contribution < 1.29 is 19.2 Å². The maximum absolute atomic E-state index is 12.5. The van der Waals surface area contributed by atoms with E-state index in [0.717, 1.165) is 69.4 Å². The summed E-state index contributed by atoms with van der Waals surface area (Å²) in [7, 11) is 0. The zero-order chi connectivity index (χ0) is 21.6. The lowest BCUT2D eigenvalue weighted by Crippen LogP contribution is -3.15. The van der Waals surface area contributed by atoms with Crippen LogP contribution in [0.5, 0.6) is 0 Å². The summed E-state index contributed by atoms with van der Waals surface area (Å²) < 4.78 is 5.40. The van der Waals surface area contributed by atoms with Crippen molar-refractivity contribution in [2.45, 2.75) is 6.92 Å². The fraction of sp³-hybridized carbons (Fsp3) is 0.417. The Kier molecular flexibility index (Phi) is 6.84. The Labute approximate surface area is 183 Å². The second-order valence-corrected chi connectivity index (χ2v) is 8.21. The molecule has 0 aliphatic carbocycles. The third-order valence-corrected chi connectivity index (χ3v) is 6.05. The number of morpholine rings is 1. The number of ether oxygens (including phenoxy) is 1. The molecule has 0 spiro atoms. The maximum atomic E-state index is 12.5. The molecule has 0 radical (unpaired) electrons. The van der Waals surface area contributed by atoms with Crippen molar-refractivity contribution in [3.05, 3.63) is 54.1 Å². The number of ketones is 1. The number of hydrogen-bond donors (Lipinski definition) is 2. The number of hydrogen-bond acceptors (Lipinski definition) is 5. The van der Waals surface area contributed by atoms with Crippen LogP contribution in [0.2, 0.25) is 0 Å². The minimum Gasteiger partial charge on any atom is -0.378 e. The molecule has 2 aromatic carbocycles. The number of Topliss-reactive ketones (excluding diaryl/α,β-unsaturated/α-hetero) is 1. The van der Waals surface area contributed by atoms with Gasteiger partial charge in [-0.25, -0.2) is 0 Å². The molecule has 1 amide bonds. The average molecular weight is 424 g/mol. The Morgan fingerprint density at radius 3 is 2.00 bits per heavy atom. The first-order valence-corrected chi connectivity index (χ1v) is 11.0. The Hall–Kier alpha value is -2.90. The predicted octanol–water partition coefficient (Wildman–Crippen LogP) is 1.07. The number of amides is 1. The molecule has 4 rings (SSSR count). The number of carbonyl (C=O) groups excluding carboxylic acids is 2. The molecule has 2 fully saturated rings. The molecule has 2 aliphatic heterocycles. The molecule has 2 aliphatic rings. The van der Waals surface area contributed by atoms with E-state index in [0.29, 0.717) is 6.54 Å². The van der Waals surface area contributed by atoms with Crippen molar-refractivity contribution in [3.8, 4) is 0 Å². The van der Waals surface area contributed by atoms with Crippen LogP contribution in [-0.4, -0.2) is 70.7 Å². The standard InChI is InChI=1S/C24H30N4O3/c1-19(29)20-2-6-22(7-3-20)27-12-10-26(11-13-27)18-24(30)25-21-4-8-23(9-5-21)28-14-16-31-17-15-28/h2-9H,10-18H2,1H3,(H,25,30)/p+1. The molecule has 2 saturated heterocycles. The Balaban J connectivity index is 1.23. The third kappa shape index (κ3) is 5.62. The van der Waals surface area contributed by atoms with Gasteiger partial charge in [0.2, 0.25) is 0 Å². The largest absolute Gasteiger partial charge is 0.378 e. The number of carbonyl (C=O) groups is 2. The molecule has 0 bridgehead atoms. The van der Waals surface area contributed by atoms with Crippen LogP contribution in [0.15, 0.2) is 48.5 Å². The molecule has 0 atom stereocenters. The van der Waals surface area contributed by atoms with Crippen molar-refractivity contribution in [2.24, 2.45) is 0 Å². The molecular weight excluding hydrogens is 392 g/mol. The first-order chi connectivity index (χ1) is 15.1. The zero-order valence-electron chi connectivity index (χ0n) is 18.1. The van der Waals surface area contributed by atoms with Crippen LogP contribution in [0.25, 0.3) is 0 Å². The summed E-state index contributed by atoms with van der Waals surface area (Å²) >= 11 is 0.